The molecule has 0 aromatic rings. The third kappa shape index (κ3) is 0.408. The van der Waals surface area contributed by atoms with Gasteiger partial charge in [-0.2, -0.15) is 0 Å². The van der Waals surface area contributed by atoms with Crippen LogP contribution in [0.1, 0.15) is 19.8 Å². The smallest absolute Gasteiger partial charge is 0.0285 e. The van der Waals surface area contributed by atoms with E-state index in [0.29, 0.717) is 5.41 Å². The Kier molecular flexibility index (Phi) is 0.492. The highest BCUT2D eigenvalue weighted by atomic mass is 14.4. The van der Waals surface area contributed by atoms with Gasteiger partial charge in [0.25, 0.3) is 0 Å². The van der Waals surface area contributed by atoms with Crippen LogP contribution in [0.25, 0.3) is 0 Å². The molecular weight excluding hydrogens is 72.1 g/mol. The molecule has 1 aliphatic rings. The molecule has 0 unspecified atom stereocenters. The zero-order chi connectivity index (χ0) is 4.62. The van der Waals surface area contributed by atoms with Crippen molar-refractivity contribution in [1.29, 1.82) is 0 Å². The summed E-state index contributed by atoms with van der Waals surface area (Å²) in [4.78, 5) is 0. The van der Waals surface area contributed by atoms with Crippen LogP contribution in [0.15, 0.2) is 0 Å². The second-order valence-corrected chi connectivity index (χ2v) is 2.20. The van der Waals surface area contributed by atoms with Crippen molar-refractivity contribution in [1.82, 2.24) is 0 Å². The molecule has 0 saturated heterocycles. The molecule has 1 saturated carbocycles. The summed E-state index contributed by atoms with van der Waals surface area (Å²) < 4.78 is 0. The quantitative estimate of drug-likeness (QED) is 0.386. The Morgan fingerprint density at radius 3 is 2.17 bits per heavy atom. The zero-order valence-corrected chi connectivity index (χ0v) is 3.99. The molecule has 0 radical (unpaired) electrons. The number of rotatable bonds is 0. The van der Waals surface area contributed by atoms with E-state index < -0.39 is 0 Å². The predicted molar refractivity (Wildman–Crippen MR) is 26.2 cm³/mol. The maximum atomic E-state index is 5.12. The van der Waals surface area contributed by atoms with Gasteiger partial charge in [-0.1, -0.05) is 0 Å². The van der Waals surface area contributed by atoms with Crippen molar-refractivity contribution in [2.75, 3.05) is 0 Å². The molecule has 0 amide bonds. The van der Waals surface area contributed by atoms with Crippen LogP contribution < -0.4 is 0 Å². The van der Waals surface area contributed by atoms with E-state index in [9.17, 15) is 0 Å². The van der Waals surface area contributed by atoms with E-state index in [2.05, 4.69) is 12.8 Å². The minimum Gasteiger partial charge on any atom is -0.120 e. The second kappa shape index (κ2) is 0.789. The van der Waals surface area contributed by atoms with Gasteiger partial charge in [0.1, 0.15) is 0 Å². The van der Waals surface area contributed by atoms with Gasteiger partial charge in [-0.3, -0.25) is 0 Å². The van der Waals surface area contributed by atoms with E-state index in [-0.39, 0.29) is 0 Å². The van der Waals surface area contributed by atoms with E-state index in [1.165, 1.54) is 12.8 Å². The van der Waals surface area contributed by atoms with E-state index in [0.717, 1.165) is 0 Å². The van der Waals surface area contributed by atoms with Crippen molar-refractivity contribution >= 4 is 0 Å². The summed E-state index contributed by atoms with van der Waals surface area (Å²) in [6.45, 7) is 2.12. The van der Waals surface area contributed by atoms with Gasteiger partial charge < -0.3 is 0 Å². The topological polar surface area (TPSA) is 0 Å². The SMILES string of the molecule is C#CC1(C)CC1. The average Bonchev–Trinajstić information content (AvgIpc) is 2.22. The maximum Gasteiger partial charge on any atom is 0.0285 e. The molecule has 32 valence electrons. The average molecular weight is 80.1 g/mol. The minimum atomic E-state index is 0.319. The van der Waals surface area contributed by atoms with Gasteiger partial charge in [0.05, 0.1) is 0 Å². The second-order valence-electron chi connectivity index (χ2n) is 2.20. The lowest BCUT2D eigenvalue weighted by Crippen LogP contribution is -1.81. The molecule has 1 rings (SSSR count). The van der Waals surface area contributed by atoms with Gasteiger partial charge in [0.15, 0.2) is 0 Å². The van der Waals surface area contributed by atoms with Crippen LogP contribution in [0.2, 0.25) is 0 Å². The van der Waals surface area contributed by atoms with Gasteiger partial charge in [-0.15, -0.1) is 12.3 Å². The fraction of sp³-hybridized carbons (Fsp3) is 0.667. The summed E-state index contributed by atoms with van der Waals surface area (Å²) in [6, 6.07) is 0. The summed E-state index contributed by atoms with van der Waals surface area (Å²) in [5.74, 6) is 2.72. The van der Waals surface area contributed by atoms with Crippen LogP contribution in [0.3, 0.4) is 0 Å². The summed E-state index contributed by atoms with van der Waals surface area (Å²) in [5, 5.41) is 0. The van der Waals surface area contributed by atoms with Crippen LogP contribution in [-0.2, 0) is 0 Å². The van der Waals surface area contributed by atoms with Crippen LogP contribution in [0.5, 0.6) is 0 Å². The third-order valence-corrected chi connectivity index (χ3v) is 1.35. The Bertz CT molecular complexity index is 91.1. The van der Waals surface area contributed by atoms with Crippen LogP contribution in [0.4, 0.5) is 0 Å². The Hall–Kier alpha value is -0.440. The molecule has 0 atom stereocenters. The maximum absolute atomic E-state index is 5.12. The molecule has 0 bridgehead atoms. The number of hydrogen-bond donors (Lipinski definition) is 0. The Morgan fingerprint density at radius 2 is 2.17 bits per heavy atom. The first kappa shape index (κ1) is 3.74. The van der Waals surface area contributed by atoms with E-state index in [1.807, 2.05) is 0 Å². The number of hydrogen-bond acceptors (Lipinski definition) is 0. The van der Waals surface area contributed by atoms with Crippen molar-refractivity contribution < 1.29 is 0 Å². The van der Waals surface area contributed by atoms with E-state index in [4.69, 9.17) is 6.42 Å². The highest BCUT2D eigenvalue weighted by Gasteiger charge is 2.34. The normalized spacial score (nSPS) is 25.3. The van der Waals surface area contributed by atoms with Crippen LogP contribution in [-0.4, -0.2) is 0 Å². The Balaban J connectivity index is 2.54. The summed E-state index contributed by atoms with van der Waals surface area (Å²) >= 11 is 0. The molecule has 0 aromatic carbocycles. The zero-order valence-electron chi connectivity index (χ0n) is 3.99. The molecule has 0 heterocycles. The Labute approximate surface area is 38.6 Å². The summed E-state index contributed by atoms with van der Waals surface area (Å²) in [5.41, 5.74) is 0.319. The lowest BCUT2D eigenvalue weighted by molar-refractivity contribution is 0.784. The molecule has 0 N–H and O–H groups in total. The lowest BCUT2D eigenvalue weighted by Gasteiger charge is -1.86. The minimum absolute atomic E-state index is 0.319. The molecule has 0 spiro atoms. The molecule has 1 aliphatic carbocycles. The van der Waals surface area contributed by atoms with Crippen molar-refractivity contribution in [2.45, 2.75) is 19.8 Å². The van der Waals surface area contributed by atoms with Crippen molar-refractivity contribution in [3.05, 3.63) is 0 Å². The first-order chi connectivity index (χ1) is 2.77. The van der Waals surface area contributed by atoms with Gasteiger partial charge in [0.2, 0.25) is 0 Å². The lowest BCUT2D eigenvalue weighted by atomic mass is 10.2. The highest BCUT2D eigenvalue weighted by molar-refractivity contribution is 5.11. The number of terminal acetylenes is 1. The van der Waals surface area contributed by atoms with Gasteiger partial charge in [-0.25, -0.2) is 0 Å². The van der Waals surface area contributed by atoms with Crippen molar-refractivity contribution in [3.8, 4) is 12.3 Å². The fourth-order valence-electron chi connectivity index (χ4n) is 0.332. The molecule has 6 heavy (non-hydrogen) atoms. The Morgan fingerprint density at radius 1 is 1.67 bits per heavy atom. The van der Waals surface area contributed by atoms with Gasteiger partial charge in [-0.05, 0) is 19.8 Å². The van der Waals surface area contributed by atoms with E-state index in [1.54, 1.807) is 0 Å². The first-order valence-electron chi connectivity index (χ1n) is 2.25. The molecule has 0 aliphatic heterocycles. The third-order valence-electron chi connectivity index (χ3n) is 1.35. The standard InChI is InChI=1S/C6H8/c1-3-6(2)4-5-6/h1H,4-5H2,2H3. The first-order valence-corrected chi connectivity index (χ1v) is 2.25. The summed E-state index contributed by atoms with van der Waals surface area (Å²) in [7, 11) is 0. The monoisotopic (exact) mass is 80.1 g/mol. The van der Waals surface area contributed by atoms with Gasteiger partial charge in [0, 0.05) is 5.41 Å². The summed E-state index contributed by atoms with van der Waals surface area (Å²) in [6.07, 6.45) is 7.60. The molecule has 0 nitrogen and oxygen atoms in total. The molecule has 0 heteroatoms. The van der Waals surface area contributed by atoms with Crippen LogP contribution in [0, 0.1) is 17.8 Å². The molecular formula is C6H8. The predicted octanol–water partition coefficient (Wildman–Crippen LogP) is 1.42. The van der Waals surface area contributed by atoms with Crippen molar-refractivity contribution in [3.63, 3.8) is 0 Å². The van der Waals surface area contributed by atoms with Gasteiger partial charge >= 0.3 is 0 Å². The molecule has 1 fully saturated rings. The largest absolute Gasteiger partial charge is 0.120 e. The molecule has 0 aromatic heterocycles. The van der Waals surface area contributed by atoms with Crippen molar-refractivity contribution in [2.24, 2.45) is 5.41 Å². The fourth-order valence-corrected chi connectivity index (χ4v) is 0.332. The van der Waals surface area contributed by atoms with Crippen LogP contribution >= 0.6 is 0 Å². The highest BCUT2D eigenvalue weighted by Crippen LogP contribution is 2.43. The van der Waals surface area contributed by atoms with E-state index >= 15 is 0 Å².